The Labute approximate surface area is 85.8 Å². The Morgan fingerprint density at radius 1 is 1.36 bits per heavy atom. The normalized spacial score (nSPS) is 38.1. The summed E-state index contributed by atoms with van der Waals surface area (Å²) in [4.78, 5) is 6.91. The number of rotatable bonds is 0. The Kier molecular flexibility index (Phi) is 2.63. The van der Waals surface area contributed by atoms with E-state index in [1.165, 1.54) is 0 Å². The summed E-state index contributed by atoms with van der Waals surface area (Å²) in [5, 5.41) is 6.87. The van der Waals surface area contributed by atoms with Gasteiger partial charge in [0.1, 0.15) is 0 Å². The summed E-state index contributed by atoms with van der Waals surface area (Å²) in [5.74, 6) is 1.10. The lowest BCUT2D eigenvalue weighted by molar-refractivity contribution is 0.162. The molecule has 4 nitrogen and oxygen atoms in total. The van der Waals surface area contributed by atoms with Crippen molar-refractivity contribution in [1.82, 2.24) is 15.5 Å². The maximum Gasteiger partial charge on any atom is 0.194 e. The predicted molar refractivity (Wildman–Crippen MR) is 58.5 cm³/mol. The Bertz CT molecular complexity index is 238. The van der Waals surface area contributed by atoms with Crippen LogP contribution in [-0.4, -0.2) is 48.6 Å². The molecule has 0 bridgehead atoms. The lowest BCUT2D eigenvalue weighted by atomic mass is 10.0. The van der Waals surface area contributed by atoms with Crippen molar-refractivity contribution in [3.05, 3.63) is 0 Å². The minimum absolute atomic E-state index is 0.517. The molecular formula is C10H20N4. The minimum Gasteiger partial charge on any atom is -0.354 e. The summed E-state index contributed by atoms with van der Waals surface area (Å²) in [6, 6.07) is 1.59. The van der Waals surface area contributed by atoms with E-state index < -0.39 is 0 Å². The van der Waals surface area contributed by atoms with Crippen molar-refractivity contribution < 1.29 is 0 Å². The van der Waals surface area contributed by atoms with E-state index in [0.29, 0.717) is 18.1 Å². The molecule has 3 atom stereocenters. The molecule has 14 heavy (non-hydrogen) atoms. The second-order valence-electron chi connectivity index (χ2n) is 4.33. The third-order valence-corrected chi connectivity index (χ3v) is 3.27. The standard InChI is InChI=1S/C10H20N4/c1-7-6-13-8(2)9(3)14(7)10-11-4-5-12-10/h7-9,13H,4-6H2,1-3H3,(H,11,12). The number of nitrogens with zero attached hydrogens (tertiary/aromatic N) is 2. The van der Waals surface area contributed by atoms with Gasteiger partial charge in [-0.25, -0.2) is 0 Å². The van der Waals surface area contributed by atoms with Crippen LogP contribution in [0.3, 0.4) is 0 Å². The van der Waals surface area contributed by atoms with E-state index in [4.69, 9.17) is 0 Å². The van der Waals surface area contributed by atoms with Gasteiger partial charge in [0.25, 0.3) is 0 Å². The summed E-state index contributed by atoms with van der Waals surface area (Å²) in [5.41, 5.74) is 0. The van der Waals surface area contributed by atoms with E-state index in [2.05, 4.69) is 41.3 Å². The van der Waals surface area contributed by atoms with Crippen LogP contribution in [-0.2, 0) is 0 Å². The minimum atomic E-state index is 0.517. The van der Waals surface area contributed by atoms with E-state index in [9.17, 15) is 0 Å². The van der Waals surface area contributed by atoms with Crippen LogP contribution >= 0.6 is 0 Å². The molecule has 0 aromatic carbocycles. The number of hydrogen-bond donors (Lipinski definition) is 2. The molecule has 2 heterocycles. The van der Waals surface area contributed by atoms with Crippen molar-refractivity contribution >= 4 is 5.96 Å². The van der Waals surface area contributed by atoms with Gasteiger partial charge < -0.3 is 15.5 Å². The van der Waals surface area contributed by atoms with Crippen LogP contribution in [0.15, 0.2) is 4.99 Å². The van der Waals surface area contributed by atoms with E-state index >= 15 is 0 Å². The average molecular weight is 196 g/mol. The lowest BCUT2D eigenvalue weighted by Gasteiger charge is -2.44. The van der Waals surface area contributed by atoms with Crippen LogP contribution in [0.4, 0.5) is 0 Å². The monoisotopic (exact) mass is 196 g/mol. The first-order chi connectivity index (χ1) is 6.70. The zero-order valence-corrected chi connectivity index (χ0v) is 9.25. The van der Waals surface area contributed by atoms with E-state index in [0.717, 1.165) is 25.6 Å². The maximum atomic E-state index is 4.50. The fourth-order valence-corrected chi connectivity index (χ4v) is 2.23. The highest BCUT2D eigenvalue weighted by Crippen LogP contribution is 2.15. The van der Waals surface area contributed by atoms with Gasteiger partial charge in [-0.05, 0) is 20.8 Å². The first kappa shape index (κ1) is 9.77. The predicted octanol–water partition coefficient (Wildman–Crippen LogP) is 0.0163. The van der Waals surface area contributed by atoms with Crippen molar-refractivity contribution in [3.8, 4) is 0 Å². The highest BCUT2D eigenvalue weighted by atomic mass is 15.4. The van der Waals surface area contributed by atoms with Gasteiger partial charge in [0.15, 0.2) is 5.96 Å². The molecule has 2 rings (SSSR count). The van der Waals surface area contributed by atoms with Gasteiger partial charge in [-0.3, -0.25) is 4.99 Å². The Morgan fingerprint density at radius 2 is 2.14 bits per heavy atom. The average Bonchev–Trinajstić information content (AvgIpc) is 2.65. The maximum absolute atomic E-state index is 4.50. The van der Waals surface area contributed by atoms with Gasteiger partial charge in [0.05, 0.1) is 6.54 Å². The zero-order chi connectivity index (χ0) is 10.1. The molecule has 80 valence electrons. The first-order valence-electron chi connectivity index (χ1n) is 5.50. The molecule has 2 aliphatic rings. The van der Waals surface area contributed by atoms with Crippen LogP contribution in [0.25, 0.3) is 0 Å². The highest BCUT2D eigenvalue weighted by Gasteiger charge is 2.32. The zero-order valence-electron chi connectivity index (χ0n) is 9.25. The van der Waals surface area contributed by atoms with Crippen LogP contribution in [0.1, 0.15) is 20.8 Å². The van der Waals surface area contributed by atoms with Gasteiger partial charge in [-0.15, -0.1) is 0 Å². The summed E-state index contributed by atoms with van der Waals surface area (Å²) in [7, 11) is 0. The number of hydrogen-bond acceptors (Lipinski definition) is 4. The third-order valence-electron chi connectivity index (χ3n) is 3.27. The van der Waals surface area contributed by atoms with Gasteiger partial charge in [0.2, 0.25) is 0 Å². The topological polar surface area (TPSA) is 39.7 Å². The quantitative estimate of drug-likeness (QED) is 0.573. The Balaban J connectivity index is 2.13. The molecule has 0 amide bonds. The number of nitrogens with one attached hydrogen (secondary N) is 2. The molecule has 0 aromatic heterocycles. The molecule has 0 aliphatic carbocycles. The van der Waals surface area contributed by atoms with Crippen molar-refractivity contribution in [2.24, 2.45) is 4.99 Å². The summed E-state index contributed by atoms with van der Waals surface area (Å²) in [6.07, 6.45) is 0. The van der Waals surface area contributed by atoms with E-state index in [1.807, 2.05) is 0 Å². The molecule has 4 heteroatoms. The fourth-order valence-electron chi connectivity index (χ4n) is 2.23. The molecule has 3 unspecified atom stereocenters. The van der Waals surface area contributed by atoms with Crippen LogP contribution in [0, 0.1) is 0 Å². The van der Waals surface area contributed by atoms with Crippen LogP contribution < -0.4 is 10.6 Å². The Hall–Kier alpha value is -0.770. The molecular weight excluding hydrogens is 176 g/mol. The van der Waals surface area contributed by atoms with E-state index in [-0.39, 0.29) is 0 Å². The summed E-state index contributed by atoms with van der Waals surface area (Å²) in [6.45, 7) is 9.71. The van der Waals surface area contributed by atoms with Gasteiger partial charge >= 0.3 is 0 Å². The molecule has 1 saturated heterocycles. The third kappa shape index (κ3) is 1.59. The second-order valence-corrected chi connectivity index (χ2v) is 4.33. The molecule has 0 saturated carbocycles. The second kappa shape index (κ2) is 3.77. The lowest BCUT2D eigenvalue weighted by Crippen LogP contribution is -2.63. The summed E-state index contributed by atoms with van der Waals surface area (Å²) >= 11 is 0. The van der Waals surface area contributed by atoms with Crippen LogP contribution in [0.2, 0.25) is 0 Å². The van der Waals surface area contributed by atoms with Crippen molar-refractivity contribution in [2.75, 3.05) is 19.6 Å². The number of guanidine groups is 1. The molecule has 1 fully saturated rings. The van der Waals surface area contributed by atoms with Crippen LogP contribution in [0.5, 0.6) is 0 Å². The van der Waals surface area contributed by atoms with E-state index in [1.54, 1.807) is 0 Å². The number of aliphatic imine (C=N–C) groups is 1. The Morgan fingerprint density at radius 3 is 2.79 bits per heavy atom. The highest BCUT2D eigenvalue weighted by molar-refractivity contribution is 5.82. The first-order valence-corrected chi connectivity index (χ1v) is 5.50. The summed E-state index contributed by atoms with van der Waals surface area (Å²) < 4.78 is 0. The molecule has 0 radical (unpaired) electrons. The molecule has 0 spiro atoms. The molecule has 0 aromatic rings. The van der Waals surface area contributed by atoms with Crippen molar-refractivity contribution in [1.29, 1.82) is 0 Å². The van der Waals surface area contributed by atoms with Crippen molar-refractivity contribution in [3.63, 3.8) is 0 Å². The fraction of sp³-hybridized carbons (Fsp3) is 0.900. The van der Waals surface area contributed by atoms with Gasteiger partial charge in [0, 0.05) is 31.2 Å². The van der Waals surface area contributed by atoms with Gasteiger partial charge in [-0.1, -0.05) is 0 Å². The molecule has 2 N–H and O–H groups in total. The van der Waals surface area contributed by atoms with Crippen molar-refractivity contribution in [2.45, 2.75) is 38.9 Å². The SMILES string of the molecule is CC1NCC(C)N(C2=NCCN2)C1C. The largest absolute Gasteiger partial charge is 0.354 e. The smallest absolute Gasteiger partial charge is 0.194 e. The number of piperazine rings is 1. The van der Waals surface area contributed by atoms with Gasteiger partial charge in [-0.2, -0.15) is 0 Å². The molecule has 2 aliphatic heterocycles.